The number of hydrogen-bond acceptors (Lipinski definition) is 7. The standard InChI is InChI=1S/C23H27ClN4O5/c1-23(2)7-5-12(6-8-23)18(22(31)28-10-14(24)20-19(28)17(29)11-32-20)25-21(30)13-3-4-15-16(9-13)27-33-26-15/h3-4,9,12,14,18-20H,5-8,10-11H2,1-2H3,(H,25,30)/t14-,18-,19+,20+/m0/s1. The lowest BCUT2D eigenvalue weighted by atomic mass is 9.71. The summed E-state index contributed by atoms with van der Waals surface area (Å²) in [6.07, 6.45) is 3.05. The van der Waals surface area contributed by atoms with Crippen LogP contribution in [0.4, 0.5) is 0 Å². The van der Waals surface area contributed by atoms with Crippen molar-refractivity contribution in [3.05, 3.63) is 23.8 Å². The van der Waals surface area contributed by atoms with Crippen LogP contribution in [-0.4, -0.2) is 69.5 Å². The van der Waals surface area contributed by atoms with Gasteiger partial charge in [0.25, 0.3) is 5.91 Å². The number of ether oxygens (including phenoxy) is 1. The summed E-state index contributed by atoms with van der Waals surface area (Å²) < 4.78 is 10.2. The second-order valence-corrected chi connectivity index (χ2v) is 10.7. The van der Waals surface area contributed by atoms with Gasteiger partial charge < -0.3 is 15.0 Å². The topological polar surface area (TPSA) is 115 Å². The molecular weight excluding hydrogens is 448 g/mol. The number of amides is 2. The summed E-state index contributed by atoms with van der Waals surface area (Å²) in [6.45, 7) is 4.63. The SMILES string of the molecule is CC1(C)CCC([C@H](NC(=O)c2ccc3nonc3c2)C(=O)N2C[C@H](Cl)[C@H]3OCC(=O)[C@H]32)CC1. The molecule has 2 aliphatic heterocycles. The normalized spacial score (nSPS) is 28.2. The second-order valence-electron chi connectivity index (χ2n) is 10.1. The summed E-state index contributed by atoms with van der Waals surface area (Å²) in [5, 5.41) is 10.1. The highest BCUT2D eigenvalue weighted by Crippen LogP contribution is 2.40. The Morgan fingerprint density at radius 2 is 1.94 bits per heavy atom. The minimum absolute atomic E-state index is 0.0304. The zero-order chi connectivity index (χ0) is 23.3. The number of rotatable bonds is 4. The molecule has 3 aliphatic rings. The lowest BCUT2D eigenvalue weighted by Crippen LogP contribution is -2.55. The van der Waals surface area contributed by atoms with Gasteiger partial charge in [-0.1, -0.05) is 13.8 Å². The summed E-state index contributed by atoms with van der Waals surface area (Å²) in [6, 6.07) is 3.43. The van der Waals surface area contributed by atoms with Crippen LogP contribution in [-0.2, 0) is 14.3 Å². The average Bonchev–Trinajstić information content (AvgIpc) is 3.49. The number of nitrogens with zero attached hydrogens (tertiary/aromatic N) is 3. The minimum atomic E-state index is -0.754. The van der Waals surface area contributed by atoms with Crippen LogP contribution in [0.5, 0.6) is 0 Å². The number of carbonyl (C=O) groups is 3. The molecule has 0 bridgehead atoms. The molecular formula is C23H27ClN4O5. The Balaban J connectivity index is 1.41. The van der Waals surface area contributed by atoms with E-state index in [9.17, 15) is 14.4 Å². The van der Waals surface area contributed by atoms with Crippen molar-refractivity contribution in [3.63, 3.8) is 0 Å². The van der Waals surface area contributed by atoms with E-state index in [1.165, 1.54) is 4.90 Å². The van der Waals surface area contributed by atoms with Crippen molar-refractivity contribution < 1.29 is 23.7 Å². The Bertz CT molecular complexity index is 1090. The van der Waals surface area contributed by atoms with Crippen molar-refractivity contribution in [2.24, 2.45) is 11.3 Å². The largest absolute Gasteiger partial charge is 0.366 e. The fourth-order valence-electron chi connectivity index (χ4n) is 5.29. The summed E-state index contributed by atoms with van der Waals surface area (Å²) in [7, 11) is 0. The van der Waals surface area contributed by atoms with E-state index in [2.05, 4.69) is 29.5 Å². The lowest BCUT2D eigenvalue weighted by Gasteiger charge is -2.39. The Kier molecular flexibility index (Phi) is 5.64. The number of nitrogens with one attached hydrogen (secondary N) is 1. The van der Waals surface area contributed by atoms with Crippen molar-refractivity contribution in [1.29, 1.82) is 0 Å². The van der Waals surface area contributed by atoms with Gasteiger partial charge in [-0.05, 0) is 65.5 Å². The predicted molar refractivity (Wildman–Crippen MR) is 119 cm³/mol. The third-order valence-corrected chi connectivity index (χ3v) is 7.72. The first kappa shape index (κ1) is 22.3. The summed E-state index contributed by atoms with van der Waals surface area (Å²) in [5.41, 5.74) is 1.58. The first-order chi connectivity index (χ1) is 15.7. The van der Waals surface area contributed by atoms with Gasteiger partial charge in [0.15, 0.2) is 5.78 Å². The molecule has 1 saturated carbocycles. The van der Waals surface area contributed by atoms with Gasteiger partial charge in [-0.15, -0.1) is 11.6 Å². The van der Waals surface area contributed by atoms with Gasteiger partial charge in [0, 0.05) is 12.1 Å². The molecule has 2 amide bonds. The molecule has 1 aromatic carbocycles. The molecule has 4 atom stereocenters. The number of likely N-dealkylation sites (tertiary alicyclic amines) is 1. The van der Waals surface area contributed by atoms with Gasteiger partial charge in [0.1, 0.15) is 35.8 Å². The van der Waals surface area contributed by atoms with Crippen LogP contribution in [0.15, 0.2) is 22.8 Å². The molecule has 0 unspecified atom stereocenters. The number of aromatic nitrogens is 2. The first-order valence-electron chi connectivity index (χ1n) is 11.4. The van der Waals surface area contributed by atoms with E-state index in [4.69, 9.17) is 21.0 Å². The van der Waals surface area contributed by atoms with Crippen molar-refractivity contribution in [2.75, 3.05) is 13.2 Å². The van der Waals surface area contributed by atoms with Crippen LogP contribution in [0.25, 0.3) is 11.0 Å². The van der Waals surface area contributed by atoms with Gasteiger partial charge in [-0.2, -0.15) is 0 Å². The maximum absolute atomic E-state index is 13.8. The van der Waals surface area contributed by atoms with E-state index in [0.29, 0.717) is 16.6 Å². The molecule has 33 heavy (non-hydrogen) atoms. The Morgan fingerprint density at radius 3 is 2.70 bits per heavy atom. The number of hydrogen-bond donors (Lipinski definition) is 1. The number of benzene rings is 1. The van der Waals surface area contributed by atoms with Crippen LogP contribution >= 0.6 is 11.6 Å². The van der Waals surface area contributed by atoms with Crippen molar-refractivity contribution in [3.8, 4) is 0 Å². The lowest BCUT2D eigenvalue weighted by molar-refractivity contribution is -0.139. The highest BCUT2D eigenvalue weighted by molar-refractivity contribution is 6.22. The highest BCUT2D eigenvalue weighted by Gasteiger charge is 2.53. The summed E-state index contributed by atoms with van der Waals surface area (Å²) >= 11 is 6.41. The van der Waals surface area contributed by atoms with Gasteiger partial charge in [0.2, 0.25) is 5.91 Å². The van der Waals surface area contributed by atoms with Crippen LogP contribution in [0.3, 0.4) is 0 Å². The molecule has 2 aromatic rings. The van der Waals surface area contributed by atoms with E-state index in [0.717, 1.165) is 25.7 Å². The molecule has 3 heterocycles. The van der Waals surface area contributed by atoms with Gasteiger partial charge in [-0.3, -0.25) is 14.4 Å². The molecule has 0 radical (unpaired) electrons. The third-order valence-electron chi connectivity index (χ3n) is 7.33. The van der Waals surface area contributed by atoms with Crippen LogP contribution in [0.2, 0.25) is 0 Å². The van der Waals surface area contributed by atoms with Crippen LogP contribution < -0.4 is 5.32 Å². The number of halogens is 1. The second kappa shape index (κ2) is 8.36. The van der Waals surface area contributed by atoms with Crippen molar-refractivity contribution >= 4 is 40.2 Å². The van der Waals surface area contributed by atoms with Crippen LogP contribution in [0.1, 0.15) is 49.9 Å². The Morgan fingerprint density at radius 1 is 1.21 bits per heavy atom. The zero-order valence-electron chi connectivity index (χ0n) is 18.6. The van der Waals surface area contributed by atoms with Crippen LogP contribution in [0, 0.1) is 11.3 Å². The molecule has 9 nitrogen and oxygen atoms in total. The van der Waals surface area contributed by atoms with E-state index in [1.54, 1.807) is 18.2 Å². The maximum atomic E-state index is 13.8. The molecule has 1 aromatic heterocycles. The Labute approximate surface area is 196 Å². The van der Waals surface area contributed by atoms with E-state index < -0.39 is 23.6 Å². The number of fused-ring (bicyclic) bond motifs is 2. The first-order valence-corrected chi connectivity index (χ1v) is 11.8. The Hall–Kier alpha value is -2.52. The minimum Gasteiger partial charge on any atom is -0.366 e. The molecule has 1 N–H and O–H groups in total. The van der Waals surface area contributed by atoms with E-state index in [-0.39, 0.29) is 42.1 Å². The molecule has 5 rings (SSSR count). The smallest absolute Gasteiger partial charge is 0.252 e. The average molecular weight is 475 g/mol. The fraction of sp³-hybridized carbons (Fsp3) is 0.609. The monoisotopic (exact) mass is 474 g/mol. The molecule has 0 spiro atoms. The third kappa shape index (κ3) is 4.12. The van der Waals surface area contributed by atoms with Crippen molar-refractivity contribution in [2.45, 2.75) is 63.1 Å². The maximum Gasteiger partial charge on any atom is 0.252 e. The number of Topliss-reactive ketones (excluding diaryl/α,β-unsaturated/α-hetero) is 1. The number of alkyl halides is 1. The van der Waals surface area contributed by atoms with Gasteiger partial charge in [0.05, 0.1) is 5.38 Å². The molecule has 176 valence electrons. The van der Waals surface area contributed by atoms with E-state index >= 15 is 0 Å². The molecule has 3 fully saturated rings. The zero-order valence-corrected chi connectivity index (χ0v) is 19.4. The predicted octanol–water partition coefficient (Wildman–Crippen LogP) is 2.32. The quantitative estimate of drug-likeness (QED) is 0.676. The molecule has 2 saturated heterocycles. The summed E-state index contributed by atoms with van der Waals surface area (Å²) in [5.74, 6) is -0.822. The number of ketones is 1. The number of carbonyl (C=O) groups excluding carboxylic acids is 3. The van der Waals surface area contributed by atoms with Gasteiger partial charge >= 0.3 is 0 Å². The van der Waals surface area contributed by atoms with E-state index in [1.807, 2.05) is 0 Å². The summed E-state index contributed by atoms with van der Waals surface area (Å²) in [4.78, 5) is 41.0. The van der Waals surface area contributed by atoms with Gasteiger partial charge in [-0.25, -0.2) is 4.63 Å². The van der Waals surface area contributed by atoms with Crippen molar-refractivity contribution in [1.82, 2.24) is 20.5 Å². The highest BCUT2D eigenvalue weighted by atomic mass is 35.5. The molecule has 1 aliphatic carbocycles. The molecule has 10 heteroatoms. The fourth-order valence-corrected chi connectivity index (χ4v) is 5.65.